The van der Waals surface area contributed by atoms with E-state index in [1.165, 1.54) is 5.71 Å². The largest absolute Gasteiger partial charge is 0.300 e. The number of nitrogens with zero attached hydrogens (tertiary/aromatic N) is 2. The molecule has 0 spiro atoms. The summed E-state index contributed by atoms with van der Waals surface area (Å²) in [6, 6.07) is 0. The van der Waals surface area contributed by atoms with Crippen LogP contribution in [0.15, 0.2) is 5.10 Å². The SMILES string of the molecule is CCC1=NN(C)CC1C. The second-order valence-electron chi connectivity index (χ2n) is 2.69. The van der Waals surface area contributed by atoms with Crippen LogP contribution in [-0.2, 0) is 0 Å². The number of hydrazone groups is 1. The monoisotopic (exact) mass is 126 g/mol. The summed E-state index contributed by atoms with van der Waals surface area (Å²) in [5, 5.41) is 6.36. The van der Waals surface area contributed by atoms with Crippen molar-refractivity contribution >= 4 is 5.71 Å². The van der Waals surface area contributed by atoms with Crippen LogP contribution in [-0.4, -0.2) is 24.3 Å². The molecule has 0 aromatic carbocycles. The van der Waals surface area contributed by atoms with Gasteiger partial charge in [0.25, 0.3) is 0 Å². The van der Waals surface area contributed by atoms with Gasteiger partial charge in [-0.2, -0.15) is 5.10 Å². The van der Waals surface area contributed by atoms with Crippen LogP contribution < -0.4 is 0 Å². The second kappa shape index (κ2) is 2.38. The number of rotatable bonds is 1. The molecule has 0 radical (unpaired) electrons. The molecule has 0 aromatic heterocycles. The van der Waals surface area contributed by atoms with Crippen molar-refractivity contribution in [1.29, 1.82) is 0 Å². The molecule has 1 heterocycles. The zero-order valence-corrected chi connectivity index (χ0v) is 6.39. The standard InChI is InChI=1S/C7H14N2/c1-4-7-6(2)5-9(3)8-7/h6H,4-5H2,1-3H3. The Kier molecular flexibility index (Phi) is 1.74. The maximum Gasteiger partial charge on any atom is 0.0435 e. The van der Waals surface area contributed by atoms with Crippen molar-refractivity contribution in [3.8, 4) is 0 Å². The van der Waals surface area contributed by atoms with Crippen LogP contribution in [0.4, 0.5) is 0 Å². The summed E-state index contributed by atoms with van der Waals surface area (Å²) in [5.41, 5.74) is 1.34. The third-order valence-corrected chi connectivity index (χ3v) is 1.77. The van der Waals surface area contributed by atoms with Crippen molar-refractivity contribution in [3.05, 3.63) is 0 Å². The van der Waals surface area contributed by atoms with E-state index >= 15 is 0 Å². The lowest BCUT2D eigenvalue weighted by atomic mass is 10.1. The molecule has 0 N–H and O–H groups in total. The molecular weight excluding hydrogens is 112 g/mol. The van der Waals surface area contributed by atoms with Gasteiger partial charge in [0.1, 0.15) is 0 Å². The second-order valence-corrected chi connectivity index (χ2v) is 2.69. The molecule has 1 aliphatic heterocycles. The van der Waals surface area contributed by atoms with Gasteiger partial charge in [0, 0.05) is 25.2 Å². The molecule has 0 saturated heterocycles. The molecule has 0 amide bonds. The van der Waals surface area contributed by atoms with Crippen molar-refractivity contribution in [3.63, 3.8) is 0 Å². The summed E-state index contributed by atoms with van der Waals surface area (Å²) < 4.78 is 0. The smallest absolute Gasteiger partial charge is 0.0435 e. The fourth-order valence-electron chi connectivity index (χ4n) is 1.28. The molecule has 9 heavy (non-hydrogen) atoms. The van der Waals surface area contributed by atoms with Gasteiger partial charge >= 0.3 is 0 Å². The molecular formula is C7H14N2. The summed E-state index contributed by atoms with van der Waals surface area (Å²) in [4.78, 5) is 0. The van der Waals surface area contributed by atoms with Gasteiger partial charge in [-0.1, -0.05) is 13.8 Å². The van der Waals surface area contributed by atoms with Gasteiger partial charge in [-0.05, 0) is 6.42 Å². The van der Waals surface area contributed by atoms with Gasteiger partial charge in [0.15, 0.2) is 0 Å². The van der Waals surface area contributed by atoms with Crippen LogP contribution in [0.25, 0.3) is 0 Å². The average Bonchev–Trinajstić information content (AvgIpc) is 2.10. The Morgan fingerprint density at radius 3 is 2.67 bits per heavy atom. The molecule has 0 aromatic rings. The van der Waals surface area contributed by atoms with E-state index in [1.54, 1.807) is 0 Å². The van der Waals surface area contributed by atoms with Crippen LogP contribution in [0, 0.1) is 5.92 Å². The van der Waals surface area contributed by atoms with Gasteiger partial charge in [-0.15, -0.1) is 0 Å². The van der Waals surface area contributed by atoms with Gasteiger partial charge in [0.2, 0.25) is 0 Å². The summed E-state index contributed by atoms with van der Waals surface area (Å²) in [7, 11) is 2.03. The molecule has 0 aliphatic carbocycles. The first-order valence-electron chi connectivity index (χ1n) is 3.52. The van der Waals surface area contributed by atoms with Crippen molar-refractivity contribution in [2.45, 2.75) is 20.3 Å². The first kappa shape index (κ1) is 6.59. The van der Waals surface area contributed by atoms with Crippen LogP contribution in [0.1, 0.15) is 20.3 Å². The number of hydrogen-bond donors (Lipinski definition) is 0. The molecule has 1 rings (SSSR count). The Morgan fingerprint density at radius 1 is 1.78 bits per heavy atom. The molecule has 0 saturated carbocycles. The van der Waals surface area contributed by atoms with E-state index in [-0.39, 0.29) is 0 Å². The van der Waals surface area contributed by atoms with Crippen LogP contribution in [0.2, 0.25) is 0 Å². The highest BCUT2D eigenvalue weighted by atomic mass is 15.5. The Labute approximate surface area is 56.5 Å². The summed E-state index contributed by atoms with van der Waals surface area (Å²) in [6.45, 7) is 5.49. The molecule has 2 nitrogen and oxygen atoms in total. The van der Waals surface area contributed by atoms with E-state index in [1.807, 2.05) is 12.1 Å². The minimum atomic E-state index is 0.681. The summed E-state index contributed by atoms with van der Waals surface area (Å²) in [6.07, 6.45) is 1.10. The van der Waals surface area contributed by atoms with Gasteiger partial charge < -0.3 is 0 Å². The summed E-state index contributed by atoms with van der Waals surface area (Å²) >= 11 is 0. The fraction of sp³-hybridized carbons (Fsp3) is 0.857. The predicted molar refractivity (Wildman–Crippen MR) is 39.5 cm³/mol. The van der Waals surface area contributed by atoms with E-state index in [9.17, 15) is 0 Å². The van der Waals surface area contributed by atoms with Crippen LogP contribution in [0.3, 0.4) is 0 Å². The van der Waals surface area contributed by atoms with Crippen LogP contribution in [0.5, 0.6) is 0 Å². The fourth-order valence-corrected chi connectivity index (χ4v) is 1.28. The lowest BCUT2D eigenvalue weighted by Crippen LogP contribution is -2.12. The lowest BCUT2D eigenvalue weighted by Gasteiger charge is -2.04. The van der Waals surface area contributed by atoms with Crippen molar-refractivity contribution < 1.29 is 0 Å². The topological polar surface area (TPSA) is 15.6 Å². The molecule has 1 unspecified atom stereocenters. The molecule has 2 heteroatoms. The van der Waals surface area contributed by atoms with Gasteiger partial charge in [-0.3, -0.25) is 5.01 Å². The zero-order valence-electron chi connectivity index (χ0n) is 6.39. The summed E-state index contributed by atoms with van der Waals surface area (Å²) in [5.74, 6) is 0.681. The van der Waals surface area contributed by atoms with E-state index in [0.717, 1.165) is 13.0 Å². The molecule has 1 atom stereocenters. The van der Waals surface area contributed by atoms with E-state index in [0.29, 0.717) is 5.92 Å². The third kappa shape index (κ3) is 1.23. The first-order chi connectivity index (χ1) is 4.24. The Hall–Kier alpha value is -0.530. The van der Waals surface area contributed by atoms with Crippen molar-refractivity contribution in [2.75, 3.05) is 13.6 Å². The maximum absolute atomic E-state index is 4.34. The van der Waals surface area contributed by atoms with Gasteiger partial charge in [0.05, 0.1) is 0 Å². The van der Waals surface area contributed by atoms with Crippen molar-refractivity contribution in [1.82, 2.24) is 5.01 Å². The third-order valence-electron chi connectivity index (χ3n) is 1.77. The first-order valence-corrected chi connectivity index (χ1v) is 3.52. The van der Waals surface area contributed by atoms with Crippen molar-refractivity contribution in [2.24, 2.45) is 11.0 Å². The molecule has 52 valence electrons. The zero-order chi connectivity index (χ0) is 6.85. The Balaban J connectivity index is 2.57. The molecule has 1 aliphatic rings. The highest BCUT2D eigenvalue weighted by Crippen LogP contribution is 2.12. The highest BCUT2D eigenvalue weighted by molar-refractivity contribution is 5.87. The highest BCUT2D eigenvalue weighted by Gasteiger charge is 2.17. The quantitative estimate of drug-likeness (QED) is 0.517. The Morgan fingerprint density at radius 2 is 2.44 bits per heavy atom. The maximum atomic E-state index is 4.34. The minimum absolute atomic E-state index is 0.681. The molecule has 0 bridgehead atoms. The van der Waals surface area contributed by atoms with Crippen LogP contribution >= 0.6 is 0 Å². The number of hydrogen-bond acceptors (Lipinski definition) is 2. The van der Waals surface area contributed by atoms with E-state index in [2.05, 4.69) is 18.9 Å². The normalized spacial score (nSPS) is 26.8. The average molecular weight is 126 g/mol. The lowest BCUT2D eigenvalue weighted by molar-refractivity contribution is 0.368. The van der Waals surface area contributed by atoms with E-state index in [4.69, 9.17) is 0 Å². The molecule has 0 fully saturated rings. The minimum Gasteiger partial charge on any atom is -0.300 e. The Bertz CT molecular complexity index is 129. The van der Waals surface area contributed by atoms with Gasteiger partial charge in [-0.25, -0.2) is 0 Å². The van der Waals surface area contributed by atoms with E-state index < -0.39 is 0 Å². The predicted octanol–water partition coefficient (Wildman–Crippen LogP) is 1.33.